The Morgan fingerprint density at radius 2 is 1.96 bits per heavy atom. The summed E-state index contributed by atoms with van der Waals surface area (Å²) in [5.41, 5.74) is 7.33. The fraction of sp³-hybridized carbons (Fsp3) is 0.100. The van der Waals surface area contributed by atoms with Gasteiger partial charge in [-0.1, -0.05) is 41.4 Å². The van der Waals surface area contributed by atoms with Gasteiger partial charge in [-0.15, -0.1) is 0 Å². The zero-order chi connectivity index (χ0) is 20.4. The average molecular weight is 419 g/mol. The summed E-state index contributed by atoms with van der Waals surface area (Å²) in [4.78, 5) is 27.3. The zero-order valence-corrected chi connectivity index (χ0v) is 16.3. The van der Waals surface area contributed by atoms with Crippen LogP contribution in [0.4, 0.5) is 5.69 Å². The molecule has 6 nitrogen and oxygen atoms in total. The first kappa shape index (κ1) is 19.8. The Morgan fingerprint density at radius 1 is 1.25 bits per heavy atom. The van der Waals surface area contributed by atoms with Gasteiger partial charge in [-0.2, -0.15) is 0 Å². The number of benzene rings is 2. The van der Waals surface area contributed by atoms with Crippen LogP contribution in [0.15, 0.2) is 36.4 Å². The van der Waals surface area contributed by atoms with Gasteiger partial charge >= 0.3 is 11.9 Å². The molecule has 0 atom stereocenters. The van der Waals surface area contributed by atoms with Crippen LogP contribution in [0.1, 0.15) is 28.5 Å². The van der Waals surface area contributed by atoms with Crippen LogP contribution in [-0.2, 0) is 9.53 Å². The van der Waals surface area contributed by atoms with E-state index >= 15 is 0 Å². The van der Waals surface area contributed by atoms with E-state index in [1.807, 2.05) is 0 Å². The molecule has 1 aromatic heterocycles. The molecular weight excluding hydrogens is 403 g/mol. The summed E-state index contributed by atoms with van der Waals surface area (Å²) in [5.74, 6) is -1.84. The van der Waals surface area contributed by atoms with Gasteiger partial charge in [-0.05, 0) is 31.2 Å². The number of aromatic amines is 1. The number of nitrogens with two attached hydrogens (primary N) is 1. The van der Waals surface area contributed by atoms with Gasteiger partial charge in [0.15, 0.2) is 0 Å². The van der Waals surface area contributed by atoms with Crippen molar-refractivity contribution in [3.63, 3.8) is 0 Å². The number of hydrogen-bond acceptors (Lipinski definition) is 4. The minimum atomic E-state index is -1.20. The number of aliphatic carboxylic acids is 1. The second-order valence-electron chi connectivity index (χ2n) is 5.89. The first-order valence-corrected chi connectivity index (χ1v) is 9.06. The second kappa shape index (κ2) is 7.96. The highest BCUT2D eigenvalue weighted by molar-refractivity contribution is 6.39. The van der Waals surface area contributed by atoms with Crippen molar-refractivity contribution in [3.8, 4) is 0 Å². The summed E-state index contributed by atoms with van der Waals surface area (Å²) in [5, 5.41) is 10.9. The number of esters is 1. The number of hydrogen-bond donors (Lipinski definition) is 3. The summed E-state index contributed by atoms with van der Waals surface area (Å²) in [6, 6.07) is 9.68. The summed E-state index contributed by atoms with van der Waals surface area (Å²) in [6.45, 7) is 1.83. The highest BCUT2D eigenvalue weighted by Crippen LogP contribution is 2.35. The van der Waals surface area contributed by atoms with E-state index in [1.54, 1.807) is 37.3 Å². The Hall–Kier alpha value is -2.96. The van der Waals surface area contributed by atoms with Crippen LogP contribution in [0.2, 0.25) is 10.0 Å². The lowest BCUT2D eigenvalue weighted by atomic mass is 9.99. The Bertz CT molecular complexity index is 1120. The van der Waals surface area contributed by atoms with Gasteiger partial charge in [-0.25, -0.2) is 9.59 Å². The van der Waals surface area contributed by atoms with E-state index in [-0.39, 0.29) is 28.5 Å². The number of carbonyl (C=O) groups is 2. The molecule has 0 saturated heterocycles. The molecule has 4 N–H and O–H groups in total. The number of H-pyrrole nitrogens is 1. The lowest BCUT2D eigenvalue weighted by Crippen LogP contribution is -2.08. The van der Waals surface area contributed by atoms with Gasteiger partial charge in [0.2, 0.25) is 0 Å². The Balaban J connectivity index is 2.35. The van der Waals surface area contributed by atoms with E-state index in [4.69, 9.17) is 33.7 Å². The van der Waals surface area contributed by atoms with Crippen molar-refractivity contribution in [1.29, 1.82) is 0 Å². The average Bonchev–Trinajstić information content (AvgIpc) is 2.99. The maximum atomic E-state index is 12.5. The summed E-state index contributed by atoms with van der Waals surface area (Å²) in [7, 11) is 0. The third-order valence-electron chi connectivity index (χ3n) is 4.10. The van der Waals surface area contributed by atoms with Crippen LogP contribution in [0, 0.1) is 0 Å². The number of rotatable bonds is 5. The molecule has 1 heterocycles. The number of nitrogen functional groups attached to an aromatic ring is 1. The third-order valence-corrected chi connectivity index (χ3v) is 4.62. The predicted octanol–water partition coefficient (Wildman–Crippen LogP) is 4.86. The molecule has 0 bridgehead atoms. The molecule has 0 unspecified atom stereocenters. The molecule has 3 aromatic rings. The van der Waals surface area contributed by atoms with Crippen LogP contribution in [0.25, 0.3) is 22.6 Å². The molecule has 0 fully saturated rings. The van der Waals surface area contributed by atoms with Gasteiger partial charge in [0.25, 0.3) is 0 Å². The number of halogens is 2. The monoisotopic (exact) mass is 418 g/mol. The first-order chi connectivity index (χ1) is 13.3. The van der Waals surface area contributed by atoms with Crippen LogP contribution in [-0.4, -0.2) is 28.6 Å². The molecule has 0 aliphatic carbocycles. The van der Waals surface area contributed by atoms with Crippen molar-refractivity contribution < 1.29 is 19.4 Å². The second-order valence-corrected chi connectivity index (χ2v) is 6.74. The van der Waals surface area contributed by atoms with E-state index in [9.17, 15) is 14.7 Å². The van der Waals surface area contributed by atoms with Crippen LogP contribution >= 0.6 is 23.2 Å². The first-order valence-electron chi connectivity index (χ1n) is 8.31. The summed E-state index contributed by atoms with van der Waals surface area (Å²) >= 11 is 12.4. The molecule has 3 rings (SSSR count). The minimum absolute atomic E-state index is 0.0780. The number of nitrogens with one attached hydrogen (secondary N) is 1. The molecule has 0 saturated carbocycles. The molecule has 144 valence electrons. The quantitative estimate of drug-likeness (QED) is 0.311. The Kier molecular flexibility index (Phi) is 5.63. The SMILES string of the molecule is CCOC(=O)c1[nH]c2cc(Cl)cc(Cl)c2c1C=C(C(=O)O)c1ccccc1N. The number of carbonyl (C=O) groups excluding carboxylic acids is 1. The number of para-hydroxylation sites is 1. The van der Waals surface area contributed by atoms with Crippen LogP contribution in [0.3, 0.4) is 0 Å². The van der Waals surface area contributed by atoms with E-state index in [0.29, 0.717) is 27.2 Å². The van der Waals surface area contributed by atoms with Gasteiger partial charge in [-0.3, -0.25) is 0 Å². The van der Waals surface area contributed by atoms with E-state index in [0.717, 1.165) is 0 Å². The summed E-state index contributed by atoms with van der Waals surface area (Å²) < 4.78 is 5.09. The molecule has 28 heavy (non-hydrogen) atoms. The van der Waals surface area contributed by atoms with Crippen molar-refractivity contribution in [2.75, 3.05) is 12.3 Å². The Labute approximate surface area is 170 Å². The fourth-order valence-electron chi connectivity index (χ4n) is 2.92. The molecule has 0 spiro atoms. The highest BCUT2D eigenvalue weighted by Gasteiger charge is 2.22. The lowest BCUT2D eigenvalue weighted by molar-refractivity contribution is -0.130. The van der Waals surface area contributed by atoms with E-state index in [1.165, 1.54) is 12.1 Å². The Morgan fingerprint density at radius 3 is 2.61 bits per heavy atom. The molecule has 0 aliphatic rings. The number of ether oxygens (including phenoxy) is 1. The zero-order valence-electron chi connectivity index (χ0n) is 14.8. The van der Waals surface area contributed by atoms with Crippen molar-refractivity contribution in [2.45, 2.75) is 6.92 Å². The van der Waals surface area contributed by atoms with Gasteiger partial charge in [0, 0.05) is 32.7 Å². The van der Waals surface area contributed by atoms with Crippen molar-refractivity contribution in [3.05, 3.63) is 63.3 Å². The van der Waals surface area contributed by atoms with Gasteiger partial charge in [0.05, 0.1) is 17.2 Å². The fourth-order valence-corrected chi connectivity index (χ4v) is 3.52. The molecule has 2 aromatic carbocycles. The van der Waals surface area contributed by atoms with Crippen LogP contribution < -0.4 is 5.73 Å². The number of carboxylic acid groups (broad SMARTS) is 1. The normalized spacial score (nSPS) is 11.6. The molecule has 0 amide bonds. The van der Waals surface area contributed by atoms with Crippen LogP contribution in [0.5, 0.6) is 0 Å². The largest absolute Gasteiger partial charge is 0.478 e. The number of aromatic nitrogens is 1. The summed E-state index contributed by atoms with van der Waals surface area (Å²) in [6.07, 6.45) is 1.36. The number of anilines is 1. The third kappa shape index (κ3) is 3.69. The predicted molar refractivity (Wildman–Crippen MR) is 111 cm³/mol. The maximum Gasteiger partial charge on any atom is 0.355 e. The lowest BCUT2D eigenvalue weighted by Gasteiger charge is -2.08. The standard InChI is InChI=1S/C20H16Cl2N2O4/c1-2-28-20(27)18-13(17-14(22)7-10(21)8-16(17)24-18)9-12(19(25)26)11-5-3-4-6-15(11)23/h3-9,24H,2,23H2,1H3,(H,25,26). The van der Waals surface area contributed by atoms with E-state index in [2.05, 4.69) is 4.98 Å². The molecule has 8 heteroatoms. The maximum absolute atomic E-state index is 12.5. The van der Waals surface area contributed by atoms with Crippen molar-refractivity contribution >= 4 is 63.4 Å². The van der Waals surface area contributed by atoms with Crippen molar-refractivity contribution in [2.24, 2.45) is 0 Å². The number of fused-ring (bicyclic) bond motifs is 1. The minimum Gasteiger partial charge on any atom is -0.478 e. The topological polar surface area (TPSA) is 105 Å². The molecule has 0 aliphatic heterocycles. The number of carboxylic acids is 1. The molecular formula is C20H16Cl2N2O4. The van der Waals surface area contributed by atoms with Crippen molar-refractivity contribution in [1.82, 2.24) is 4.98 Å². The van der Waals surface area contributed by atoms with E-state index < -0.39 is 11.9 Å². The molecule has 0 radical (unpaired) electrons. The smallest absolute Gasteiger partial charge is 0.355 e. The van der Waals surface area contributed by atoms with Gasteiger partial charge < -0.3 is 20.6 Å². The van der Waals surface area contributed by atoms with Gasteiger partial charge in [0.1, 0.15) is 5.69 Å². The highest BCUT2D eigenvalue weighted by atomic mass is 35.5.